The quantitative estimate of drug-likeness (QED) is 0.698. The van der Waals surface area contributed by atoms with Gasteiger partial charge in [-0.3, -0.25) is 9.59 Å². The minimum absolute atomic E-state index is 0.153. The molecule has 28 heavy (non-hydrogen) atoms. The van der Waals surface area contributed by atoms with Crippen LogP contribution < -0.4 is 4.90 Å². The Hall–Kier alpha value is -3.10. The van der Waals surface area contributed by atoms with Crippen molar-refractivity contribution in [1.29, 1.82) is 0 Å². The van der Waals surface area contributed by atoms with Crippen molar-refractivity contribution in [3.8, 4) is 0 Å². The van der Waals surface area contributed by atoms with E-state index in [2.05, 4.69) is 0 Å². The number of amides is 3. The Bertz CT molecular complexity index is 743. The normalized spacial score (nSPS) is 13.7. The first kappa shape index (κ1) is 21.2. The monoisotopic (exact) mass is 391 g/mol. The summed E-state index contributed by atoms with van der Waals surface area (Å²) in [6.45, 7) is 4.73. The third-order valence-electron chi connectivity index (χ3n) is 4.41. The van der Waals surface area contributed by atoms with Gasteiger partial charge < -0.3 is 24.2 Å². The second-order valence-corrected chi connectivity index (χ2v) is 6.21. The van der Waals surface area contributed by atoms with Crippen molar-refractivity contribution in [1.82, 2.24) is 9.80 Å². The van der Waals surface area contributed by atoms with Crippen LogP contribution in [0.25, 0.3) is 0 Å². The summed E-state index contributed by atoms with van der Waals surface area (Å²) < 4.78 is 9.66. The van der Waals surface area contributed by atoms with Crippen LogP contribution in [0.2, 0.25) is 0 Å². The zero-order valence-electron chi connectivity index (χ0n) is 16.3. The molecule has 1 aliphatic heterocycles. The Morgan fingerprint density at radius 1 is 1.07 bits per heavy atom. The highest BCUT2D eigenvalue weighted by Gasteiger charge is 2.27. The number of carbonyl (C=O) groups excluding carboxylic acids is 4. The van der Waals surface area contributed by atoms with Gasteiger partial charge in [0.25, 0.3) is 0 Å². The summed E-state index contributed by atoms with van der Waals surface area (Å²) in [6, 6.07) is 6.36. The van der Waals surface area contributed by atoms with Crippen LogP contribution in [0.15, 0.2) is 24.3 Å². The number of benzene rings is 1. The molecule has 0 atom stereocenters. The zero-order valence-corrected chi connectivity index (χ0v) is 16.3. The number of hydrogen-bond acceptors (Lipinski definition) is 6. The second kappa shape index (κ2) is 9.72. The van der Waals surface area contributed by atoms with Crippen LogP contribution in [0, 0.1) is 0 Å². The minimum Gasteiger partial charge on any atom is -0.465 e. The number of piperazine rings is 1. The van der Waals surface area contributed by atoms with Crippen LogP contribution in [0.1, 0.15) is 24.2 Å². The summed E-state index contributed by atoms with van der Waals surface area (Å²) in [7, 11) is 1.28. The van der Waals surface area contributed by atoms with Gasteiger partial charge in [-0.15, -0.1) is 0 Å². The van der Waals surface area contributed by atoms with E-state index in [0.717, 1.165) is 0 Å². The summed E-state index contributed by atoms with van der Waals surface area (Å²) in [6.07, 6.45) is -0.389. The van der Waals surface area contributed by atoms with Gasteiger partial charge in [0.15, 0.2) is 0 Å². The Kier molecular flexibility index (Phi) is 7.36. The maximum absolute atomic E-state index is 12.7. The molecule has 1 fully saturated rings. The topological polar surface area (TPSA) is 96.5 Å². The molecule has 9 heteroatoms. The number of ether oxygens (including phenoxy) is 2. The number of methoxy groups -OCH3 is 1. The van der Waals surface area contributed by atoms with Crippen molar-refractivity contribution in [3.63, 3.8) is 0 Å². The summed E-state index contributed by atoms with van der Waals surface area (Å²) in [5.74, 6) is -1.07. The molecule has 3 amide bonds. The molecule has 0 aromatic heterocycles. The van der Waals surface area contributed by atoms with E-state index in [9.17, 15) is 19.2 Å². The summed E-state index contributed by atoms with van der Waals surface area (Å²) in [5, 5.41) is 0. The molecule has 0 unspecified atom stereocenters. The van der Waals surface area contributed by atoms with E-state index < -0.39 is 5.97 Å². The molecular weight excluding hydrogens is 366 g/mol. The molecule has 0 bridgehead atoms. The first-order valence-corrected chi connectivity index (χ1v) is 9.03. The standard InChI is InChI=1S/C19H25N3O6/c1-4-28-19(26)21-10-8-20(9-11-21)17(24)13-22(14(2)23)16-7-5-6-15(12-16)18(25)27-3/h5-7,12H,4,8-11,13H2,1-3H3. The van der Waals surface area contributed by atoms with Gasteiger partial charge >= 0.3 is 12.1 Å². The van der Waals surface area contributed by atoms with Crippen LogP contribution >= 0.6 is 0 Å². The summed E-state index contributed by atoms with van der Waals surface area (Å²) in [5.41, 5.74) is 0.732. The van der Waals surface area contributed by atoms with Crippen LogP contribution in [0.3, 0.4) is 0 Å². The van der Waals surface area contributed by atoms with Gasteiger partial charge in [-0.1, -0.05) is 6.07 Å². The molecule has 152 valence electrons. The minimum atomic E-state index is -0.522. The second-order valence-electron chi connectivity index (χ2n) is 6.21. The molecule has 0 spiro atoms. The highest BCUT2D eigenvalue weighted by atomic mass is 16.6. The average Bonchev–Trinajstić information content (AvgIpc) is 2.71. The van der Waals surface area contributed by atoms with E-state index in [0.29, 0.717) is 44.0 Å². The lowest BCUT2D eigenvalue weighted by Crippen LogP contribution is -2.53. The molecule has 1 aliphatic rings. The van der Waals surface area contributed by atoms with Gasteiger partial charge in [-0.25, -0.2) is 9.59 Å². The van der Waals surface area contributed by atoms with E-state index in [-0.39, 0.29) is 24.5 Å². The number of hydrogen-bond donors (Lipinski definition) is 0. The Labute approximate surface area is 163 Å². The van der Waals surface area contributed by atoms with Gasteiger partial charge in [0.1, 0.15) is 6.54 Å². The van der Waals surface area contributed by atoms with Gasteiger partial charge in [-0.2, -0.15) is 0 Å². The van der Waals surface area contributed by atoms with Crippen molar-refractivity contribution >= 4 is 29.6 Å². The molecule has 0 aliphatic carbocycles. The van der Waals surface area contributed by atoms with E-state index in [1.165, 1.54) is 25.0 Å². The number of esters is 1. The predicted octanol–water partition coefficient (Wildman–Crippen LogP) is 1.13. The average molecular weight is 391 g/mol. The Morgan fingerprint density at radius 3 is 2.29 bits per heavy atom. The number of nitrogens with zero attached hydrogens (tertiary/aromatic N) is 3. The van der Waals surface area contributed by atoms with E-state index in [1.807, 2.05) is 0 Å². The molecule has 1 aromatic carbocycles. The first-order valence-electron chi connectivity index (χ1n) is 9.03. The third-order valence-corrected chi connectivity index (χ3v) is 4.41. The highest BCUT2D eigenvalue weighted by molar-refractivity contribution is 5.99. The lowest BCUT2D eigenvalue weighted by Gasteiger charge is -2.35. The van der Waals surface area contributed by atoms with Crippen LogP contribution in [-0.4, -0.2) is 80.1 Å². The Balaban J connectivity index is 2.03. The molecule has 1 saturated heterocycles. The van der Waals surface area contributed by atoms with Crippen LogP contribution in [0.4, 0.5) is 10.5 Å². The van der Waals surface area contributed by atoms with Crippen LogP contribution in [0.5, 0.6) is 0 Å². The SMILES string of the molecule is CCOC(=O)N1CCN(C(=O)CN(C(C)=O)c2cccc(C(=O)OC)c2)CC1. The van der Waals surface area contributed by atoms with Crippen molar-refractivity contribution in [3.05, 3.63) is 29.8 Å². The maximum Gasteiger partial charge on any atom is 0.409 e. The fourth-order valence-corrected chi connectivity index (χ4v) is 2.89. The van der Waals surface area contributed by atoms with Crippen LogP contribution in [-0.2, 0) is 19.1 Å². The molecule has 2 rings (SSSR count). The fourth-order valence-electron chi connectivity index (χ4n) is 2.89. The van der Waals surface area contributed by atoms with Gasteiger partial charge in [0.2, 0.25) is 11.8 Å². The lowest BCUT2D eigenvalue weighted by molar-refractivity contribution is -0.132. The number of anilines is 1. The maximum atomic E-state index is 12.7. The lowest BCUT2D eigenvalue weighted by atomic mass is 10.2. The predicted molar refractivity (Wildman–Crippen MR) is 101 cm³/mol. The van der Waals surface area contributed by atoms with Gasteiger partial charge in [0.05, 0.1) is 19.3 Å². The van der Waals surface area contributed by atoms with Crippen molar-refractivity contribution in [2.75, 3.05) is 51.3 Å². The molecule has 0 saturated carbocycles. The van der Waals surface area contributed by atoms with E-state index in [4.69, 9.17) is 9.47 Å². The molecule has 0 radical (unpaired) electrons. The van der Waals surface area contributed by atoms with E-state index in [1.54, 1.807) is 34.9 Å². The van der Waals surface area contributed by atoms with E-state index >= 15 is 0 Å². The van der Waals surface area contributed by atoms with Crippen molar-refractivity contribution < 1.29 is 28.7 Å². The molecule has 1 aromatic rings. The molecule has 9 nitrogen and oxygen atoms in total. The van der Waals surface area contributed by atoms with Crippen molar-refractivity contribution in [2.45, 2.75) is 13.8 Å². The number of rotatable bonds is 5. The van der Waals surface area contributed by atoms with Crippen molar-refractivity contribution in [2.24, 2.45) is 0 Å². The Morgan fingerprint density at radius 2 is 1.71 bits per heavy atom. The van der Waals surface area contributed by atoms with Gasteiger partial charge in [-0.05, 0) is 25.1 Å². The molecule has 1 heterocycles. The summed E-state index contributed by atoms with van der Waals surface area (Å²) in [4.78, 5) is 52.7. The van der Waals surface area contributed by atoms with Gasteiger partial charge in [0, 0.05) is 38.8 Å². The fraction of sp³-hybridized carbons (Fsp3) is 0.474. The first-order chi connectivity index (χ1) is 13.4. The third kappa shape index (κ3) is 5.21. The highest BCUT2D eigenvalue weighted by Crippen LogP contribution is 2.18. The molecule has 0 N–H and O–H groups in total. The zero-order chi connectivity index (χ0) is 20.7. The number of carbonyl (C=O) groups is 4. The molecular formula is C19H25N3O6. The largest absolute Gasteiger partial charge is 0.465 e. The summed E-state index contributed by atoms with van der Waals surface area (Å²) >= 11 is 0. The smallest absolute Gasteiger partial charge is 0.409 e.